The quantitative estimate of drug-likeness (QED) is 0.674. The molecule has 1 aromatic heterocycles. The molecule has 19 heavy (non-hydrogen) atoms. The van der Waals surface area contributed by atoms with Crippen molar-refractivity contribution >= 4 is 5.69 Å². The monoisotopic (exact) mass is 260 g/mol. The molecular weight excluding hydrogens is 248 g/mol. The average Bonchev–Trinajstić information content (AvgIpc) is 2.39. The zero-order valence-electron chi connectivity index (χ0n) is 10.2. The summed E-state index contributed by atoms with van der Waals surface area (Å²) in [5, 5.41) is 19.6. The molecule has 6 heteroatoms. The van der Waals surface area contributed by atoms with E-state index in [0.29, 0.717) is 22.8 Å². The van der Waals surface area contributed by atoms with Gasteiger partial charge in [0.1, 0.15) is 5.75 Å². The molecule has 1 aromatic carbocycles. The highest BCUT2D eigenvalue weighted by Crippen LogP contribution is 2.26. The molecule has 0 bridgehead atoms. The zero-order valence-corrected chi connectivity index (χ0v) is 10.2. The SMILES string of the molecule is Cc1cc(Oc2ccc(CO)cn2)ccc1[N+](=O)[O-]. The third kappa shape index (κ3) is 3.05. The summed E-state index contributed by atoms with van der Waals surface area (Å²) in [5.41, 5.74) is 1.26. The number of ether oxygens (including phenoxy) is 1. The van der Waals surface area contributed by atoms with Crippen LogP contribution >= 0.6 is 0 Å². The molecule has 0 amide bonds. The van der Waals surface area contributed by atoms with Gasteiger partial charge in [-0.05, 0) is 30.7 Å². The van der Waals surface area contributed by atoms with Crippen LogP contribution in [0.4, 0.5) is 5.69 Å². The van der Waals surface area contributed by atoms with Crippen LogP contribution in [0.15, 0.2) is 36.5 Å². The molecule has 0 aliphatic carbocycles. The van der Waals surface area contributed by atoms with Gasteiger partial charge in [-0.2, -0.15) is 0 Å². The molecule has 0 unspecified atom stereocenters. The number of aromatic nitrogens is 1. The third-order valence-electron chi connectivity index (χ3n) is 2.57. The lowest BCUT2D eigenvalue weighted by molar-refractivity contribution is -0.385. The Balaban J connectivity index is 2.18. The van der Waals surface area contributed by atoms with Crippen LogP contribution in [-0.2, 0) is 6.61 Å². The number of aliphatic hydroxyl groups is 1. The summed E-state index contributed by atoms with van der Waals surface area (Å²) < 4.78 is 5.48. The second-order valence-electron chi connectivity index (χ2n) is 3.97. The molecule has 0 aliphatic rings. The Morgan fingerprint density at radius 3 is 2.68 bits per heavy atom. The molecule has 0 saturated carbocycles. The summed E-state index contributed by atoms with van der Waals surface area (Å²) in [6.45, 7) is 1.57. The topological polar surface area (TPSA) is 85.5 Å². The van der Waals surface area contributed by atoms with E-state index in [1.165, 1.54) is 18.3 Å². The molecule has 6 nitrogen and oxygen atoms in total. The smallest absolute Gasteiger partial charge is 0.272 e. The second kappa shape index (κ2) is 5.45. The van der Waals surface area contributed by atoms with E-state index >= 15 is 0 Å². The van der Waals surface area contributed by atoms with Crippen LogP contribution in [0.5, 0.6) is 11.6 Å². The lowest BCUT2D eigenvalue weighted by Crippen LogP contribution is -1.93. The normalized spacial score (nSPS) is 10.2. The minimum Gasteiger partial charge on any atom is -0.439 e. The number of nitro groups is 1. The first-order valence-electron chi connectivity index (χ1n) is 5.59. The minimum absolute atomic E-state index is 0.0518. The Morgan fingerprint density at radius 2 is 2.16 bits per heavy atom. The number of pyridine rings is 1. The zero-order chi connectivity index (χ0) is 13.8. The van der Waals surface area contributed by atoms with E-state index in [9.17, 15) is 10.1 Å². The van der Waals surface area contributed by atoms with Crippen molar-refractivity contribution in [2.45, 2.75) is 13.5 Å². The Kier molecular flexibility index (Phi) is 3.72. The Hall–Kier alpha value is -2.47. The number of hydrogen-bond acceptors (Lipinski definition) is 5. The molecule has 0 radical (unpaired) electrons. The van der Waals surface area contributed by atoms with Crippen molar-refractivity contribution in [2.75, 3.05) is 0 Å². The molecular formula is C13H12N2O4. The molecule has 98 valence electrons. The van der Waals surface area contributed by atoms with Gasteiger partial charge in [-0.1, -0.05) is 0 Å². The highest BCUT2D eigenvalue weighted by atomic mass is 16.6. The molecule has 1 N–H and O–H groups in total. The summed E-state index contributed by atoms with van der Waals surface area (Å²) in [4.78, 5) is 14.3. The van der Waals surface area contributed by atoms with Crippen molar-refractivity contribution in [3.63, 3.8) is 0 Å². The van der Waals surface area contributed by atoms with Crippen molar-refractivity contribution in [2.24, 2.45) is 0 Å². The van der Waals surface area contributed by atoms with Gasteiger partial charge in [-0.15, -0.1) is 0 Å². The molecule has 0 saturated heterocycles. The molecule has 0 aliphatic heterocycles. The summed E-state index contributed by atoms with van der Waals surface area (Å²) in [6, 6.07) is 7.82. The Labute approximate surface area is 109 Å². The van der Waals surface area contributed by atoms with Crippen LogP contribution < -0.4 is 4.74 Å². The molecule has 0 fully saturated rings. The van der Waals surface area contributed by atoms with Crippen molar-refractivity contribution in [3.05, 3.63) is 57.8 Å². The summed E-state index contributed by atoms with van der Waals surface area (Å²) >= 11 is 0. The fourth-order valence-corrected chi connectivity index (χ4v) is 1.58. The summed E-state index contributed by atoms with van der Waals surface area (Å²) in [7, 11) is 0. The average molecular weight is 260 g/mol. The van der Waals surface area contributed by atoms with E-state index in [-0.39, 0.29) is 12.3 Å². The van der Waals surface area contributed by atoms with E-state index in [1.807, 2.05) is 0 Å². The number of benzene rings is 1. The lowest BCUT2D eigenvalue weighted by atomic mass is 10.2. The molecule has 0 spiro atoms. The van der Waals surface area contributed by atoms with Gasteiger partial charge < -0.3 is 9.84 Å². The second-order valence-corrected chi connectivity index (χ2v) is 3.97. The van der Waals surface area contributed by atoms with Crippen molar-refractivity contribution in [1.29, 1.82) is 0 Å². The number of hydrogen-bond donors (Lipinski definition) is 1. The van der Waals surface area contributed by atoms with Crippen molar-refractivity contribution in [1.82, 2.24) is 4.98 Å². The Morgan fingerprint density at radius 1 is 1.37 bits per heavy atom. The van der Waals surface area contributed by atoms with Crippen LogP contribution in [-0.4, -0.2) is 15.0 Å². The number of nitro benzene ring substituents is 1. The van der Waals surface area contributed by atoms with Gasteiger partial charge in [-0.3, -0.25) is 10.1 Å². The number of rotatable bonds is 4. The molecule has 2 rings (SSSR count). The maximum atomic E-state index is 10.7. The van der Waals surface area contributed by atoms with E-state index in [1.54, 1.807) is 25.1 Å². The van der Waals surface area contributed by atoms with Gasteiger partial charge >= 0.3 is 0 Å². The first kappa shape index (κ1) is 13.0. The van der Waals surface area contributed by atoms with Gasteiger partial charge in [0.25, 0.3) is 5.69 Å². The van der Waals surface area contributed by atoms with Gasteiger partial charge in [0.2, 0.25) is 5.88 Å². The number of nitrogens with zero attached hydrogens (tertiary/aromatic N) is 2. The molecule has 2 aromatic rings. The highest BCUT2D eigenvalue weighted by molar-refractivity contribution is 5.45. The van der Waals surface area contributed by atoms with E-state index in [4.69, 9.17) is 9.84 Å². The van der Waals surface area contributed by atoms with Gasteiger partial charge in [0.15, 0.2) is 0 Å². The van der Waals surface area contributed by atoms with Gasteiger partial charge in [0, 0.05) is 23.9 Å². The standard InChI is InChI=1S/C13H12N2O4/c1-9-6-11(3-4-12(9)15(17)18)19-13-5-2-10(8-16)7-14-13/h2-7,16H,8H2,1H3. The molecule has 1 heterocycles. The largest absolute Gasteiger partial charge is 0.439 e. The maximum Gasteiger partial charge on any atom is 0.272 e. The third-order valence-corrected chi connectivity index (χ3v) is 2.57. The number of aliphatic hydroxyl groups excluding tert-OH is 1. The molecule has 0 atom stereocenters. The van der Waals surface area contributed by atoms with E-state index in [2.05, 4.69) is 4.98 Å². The lowest BCUT2D eigenvalue weighted by Gasteiger charge is -2.06. The maximum absolute atomic E-state index is 10.7. The summed E-state index contributed by atoms with van der Waals surface area (Å²) in [5.74, 6) is 0.845. The highest BCUT2D eigenvalue weighted by Gasteiger charge is 2.11. The van der Waals surface area contributed by atoms with Crippen LogP contribution in [0.3, 0.4) is 0 Å². The summed E-state index contributed by atoms with van der Waals surface area (Å²) in [6.07, 6.45) is 1.51. The van der Waals surface area contributed by atoms with E-state index in [0.717, 1.165) is 0 Å². The predicted octanol–water partition coefficient (Wildman–Crippen LogP) is 2.58. The predicted molar refractivity (Wildman–Crippen MR) is 68.1 cm³/mol. The fraction of sp³-hybridized carbons (Fsp3) is 0.154. The van der Waals surface area contributed by atoms with Crippen LogP contribution in [0.2, 0.25) is 0 Å². The van der Waals surface area contributed by atoms with Crippen LogP contribution in [0.25, 0.3) is 0 Å². The fourth-order valence-electron chi connectivity index (χ4n) is 1.58. The first-order chi connectivity index (χ1) is 9.10. The van der Waals surface area contributed by atoms with Gasteiger partial charge in [0.05, 0.1) is 11.5 Å². The van der Waals surface area contributed by atoms with E-state index < -0.39 is 4.92 Å². The minimum atomic E-state index is -0.437. The van der Waals surface area contributed by atoms with Crippen molar-refractivity contribution in [3.8, 4) is 11.6 Å². The Bertz CT molecular complexity index is 596. The van der Waals surface area contributed by atoms with Crippen molar-refractivity contribution < 1.29 is 14.8 Å². The first-order valence-corrected chi connectivity index (χ1v) is 5.59. The van der Waals surface area contributed by atoms with Gasteiger partial charge in [-0.25, -0.2) is 4.98 Å². The van der Waals surface area contributed by atoms with Crippen LogP contribution in [0, 0.1) is 17.0 Å². The number of aryl methyl sites for hydroxylation is 1. The van der Waals surface area contributed by atoms with Crippen LogP contribution in [0.1, 0.15) is 11.1 Å².